The number of amides is 1. The van der Waals surface area contributed by atoms with Crippen molar-refractivity contribution in [3.05, 3.63) is 70.2 Å². The van der Waals surface area contributed by atoms with Crippen LogP contribution in [0.25, 0.3) is 32.7 Å². The van der Waals surface area contributed by atoms with Crippen LogP contribution in [-0.2, 0) is 6.18 Å². The standard InChI is InChI=1S/C21H13ClF3N7OS/c1-10-8-28-32(29-10)11-7-14(19(22)27-9-11)31-18(21(23,24)25)16(20(26)33)17(30-31)13-3-2-4-15-12(13)5-6-34-15/h2-9H,1H3,(H2,26,33). The van der Waals surface area contributed by atoms with Crippen LogP contribution in [0.3, 0.4) is 0 Å². The second-order valence-corrected chi connectivity index (χ2v) is 8.57. The van der Waals surface area contributed by atoms with E-state index in [1.54, 1.807) is 30.5 Å². The number of rotatable bonds is 4. The molecule has 13 heteroatoms. The molecule has 1 amide bonds. The molecule has 0 spiro atoms. The van der Waals surface area contributed by atoms with Gasteiger partial charge in [0.15, 0.2) is 10.8 Å². The first kappa shape index (κ1) is 22.0. The van der Waals surface area contributed by atoms with Gasteiger partial charge in [0.2, 0.25) is 0 Å². The number of benzene rings is 1. The van der Waals surface area contributed by atoms with E-state index in [1.165, 1.54) is 34.6 Å². The first-order chi connectivity index (χ1) is 16.1. The van der Waals surface area contributed by atoms with Gasteiger partial charge in [0.25, 0.3) is 5.91 Å². The molecule has 0 aliphatic carbocycles. The molecule has 0 fully saturated rings. The average Bonchev–Trinajstić information content (AvgIpc) is 3.51. The number of primary amides is 1. The van der Waals surface area contributed by atoms with Crippen molar-refractivity contribution >= 4 is 38.9 Å². The molecule has 0 bridgehead atoms. The normalized spacial score (nSPS) is 11.9. The number of carbonyl (C=O) groups excluding carboxylic acids is 1. The van der Waals surface area contributed by atoms with Crippen LogP contribution >= 0.6 is 22.9 Å². The molecule has 0 saturated heterocycles. The van der Waals surface area contributed by atoms with Gasteiger partial charge in [-0.3, -0.25) is 4.79 Å². The van der Waals surface area contributed by atoms with Crippen LogP contribution in [0.4, 0.5) is 13.2 Å². The number of aryl methyl sites for hydroxylation is 1. The van der Waals surface area contributed by atoms with Crippen molar-refractivity contribution in [2.24, 2.45) is 5.73 Å². The van der Waals surface area contributed by atoms with E-state index in [9.17, 15) is 18.0 Å². The molecule has 4 heterocycles. The van der Waals surface area contributed by atoms with Crippen molar-refractivity contribution in [3.8, 4) is 22.6 Å². The molecule has 1 aromatic carbocycles. The van der Waals surface area contributed by atoms with Crippen molar-refractivity contribution in [1.82, 2.24) is 29.8 Å². The van der Waals surface area contributed by atoms with Gasteiger partial charge < -0.3 is 5.73 Å². The molecule has 5 aromatic rings. The number of nitrogens with zero attached hydrogens (tertiary/aromatic N) is 6. The Hall–Kier alpha value is -3.77. The average molecular weight is 504 g/mol. The lowest BCUT2D eigenvalue weighted by atomic mass is 10.0. The fourth-order valence-electron chi connectivity index (χ4n) is 3.62. The zero-order chi connectivity index (χ0) is 24.2. The fraction of sp³-hybridized carbons (Fsp3) is 0.0952. The summed E-state index contributed by atoms with van der Waals surface area (Å²) in [6, 6.07) is 8.12. The highest BCUT2D eigenvalue weighted by molar-refractivity contribution is 7.17. The monoisotopic (exact) mass is 503 g/mol. The minimum atomic E-state index is -4.99. The van der Waals surface area contributed by atoms with Gasteiger partial charge in [-0.25, -0.2) is 9.67 Å². The Morgan fingerprint density at radius 1 is 1.18 bits per heavy atom. The fourth-order valence-corrected chi connectivity index (χ4v) is 4.62. The molecule has 172 valence electrons. The molecule has 8 nitrogen and oxygen atoms in total. The molecule has 5 rings (SSSR count). The lowest BCUT2D eigenvalue weighted by Crippen LogP contribution is -2.21. The zero-order valence-electron chi connectivity index (χ0n) is 17.2. The first-order valence-corrected chi connectivity index (χ1v) is 10.9. The summed E-state index contributed by atoms with van der Waals surface area (Å²) in [5, 5.41) is 14.6. The van der Waals surface area contributed by atoms with Crippen LogP contribution in [-0.4, -0.2) is 35.7 Å². The molecule has 0 unspecified atom stereocenters. The van der Waals surface area contributed by atoms with Crippen molar-refractivity contribution in [1.29, 1.82) is 0 Å². The summed E-state index contributed by atoms with van der Waals surface area (Å²) in [6.07, 6.45) is -2.20. The summed E-state index contributed by atoms with van der Waals surface area (Å²) in [5.41, 5.74) is 4.09. The second-order valence-electron chi connectivity index (χ2n) is 7.26. The third kappa shape index (κ3) is 3.60. The van der Waals surface area contributed by atoms with E-state index in [1.807, 2.05) is 6.07 Å². The third-order valence-electron chi connectivity index (χ3n) is 5.02. The molecule has 34 heavy (non-hydrogen) atoms. The predicted octanol–water partition coefficient (Wildman–Crippen LogP) is 4.81. The Kier molecular flexibility index (Phi) is 5.14. The lowest BCUT2D eigenvalue weighted by Gasteiger charge is -2.13. The number of hydrogen-bond acceptors (Lipinski definition) is 6. The van der Waals surface area contributed by atoms with E-state index in [2.05, 4.69) is 20.3 Å². The van der Waals surface area contributed by atoms with Gasteiger partial charge in [-0.2, -0.15) is 28.5 Å². The summed E-state index contributed by atoms with van der Waals surface area (Å²) >= 11 is 7.61. The van der Waals surface area contributed by atoms with Crippen molar-refractivity contribution < 1.29 is 18.0 Å². The van der Waals surface area contributed by atoms with Gasteiger partial charge in [0.1, 0.15) is 17.1 Å². The van der Waals surface area contributed by atoms with Crippen molar-refractivity contribution in [2.45, 2.75) is 13.1 Å². The highest BCUT2D eigenvalue weighted by atomic mass is 35.5. The second kappa shape index (κ2) is 7.92. The molecule has 0 saturated carbocycles. The number of aromatic nitrogens is 6. The SMILES string of the molecule is Cc1cnn(-c2cnc(Cl)c(-n3nc(-c4cccc5sccc45)c(C(N)=O)c3C(F)(F)F)c2)n1. The minimum Gasteiger partial charge on any atom is -0.365 e. The number of carbonyl (C=O) groups is 1. The van der Waals surface area contributed by atoms with Gasteiger partial charge in [0, 0.05) is 15.6 Å². The molecule has 0 radical (unpaired) electrons. The summed E-state index contributed by atoms with van der Waals surface area (Å²) in [6.45, 7) is 1.71. The molecule has 4 aromatic heterocycles. The number of thiophene rings is 1. The van der Waals surface area contributed by atoms with Gasteiger partial charge >= 0.3 is 6.18 Å². The maximum atomic E-state index is 14.3. The molecule has 0 aliphatic rings. The van der Waals surface area contributed by atoms with E-state index >= 15 is 0 Å². The van der Waals surface area contributed by atoms with E-state index in [0.717, 1.165) is 4.70 Å². The van der Waals surface area contributed by atoms with Gasteiger partial charge in [0.05, 0.1) is 23.7 Å². The molecule has 2 N–H and O–H groups in total. The topological polar surface area (TPSA) is 105 Å². The van der Waals surface area contributed by atoms with Crippen molar-refractivity contribution in [3.63, 3.8) is 0 Å². The lowest BCUT2D eigenvalue weighted by molar-refractivity contribution is -0.143. The highest BCUT2D eigenvalue weighted by Gasteiger charge is 2.43. The van der Waals surface area contributed by atoms with Crippen LogP contribution in [0.15, 0.2) is 48.1 Å². The van der Waals surface area contributed by atoms with E-state index < -0.39 is 23.3 Å². The van der Waals surface area contributed by atoms with Crippen LogP contribution in [0.2, 0.25) is 5.15 Å². The minimum absolute atomic E-state index is 0.210. The van der Waals surface area contributed by atoms with E-state index in [4.69, 9.17) is 17.3 Å². The van der Waals surface area contributed by atoms with Crippen LogP contribution in [0.5, 0.6) is 0 Å². The zero-order valence-corrected chi connectivity index (χ0v) is 18.8. The molecule has 0 aliphatic heterocycles. The first-order valence-electron chi connectivity index (χ1n) is 9.67. The number of halogens is 4. The smallest absolute Gasteiger partial charge is 0.365 e. The van der Waals surface area contributed by atoms with E-state index in [0.29, 0.717) is 21.3 Å². The van der Waals surface area contributed by atoms with Gasteiger partial charge in [-0.05, 0) is 30.5 Å². The Bertz CT molecular complexity index is 1570. The maximum Gasteiger partial charge on any atom is 0.434 e. The van der Waals surface area contributed by atoms with Gasteiger partial charge in [-0.15, -0.1) is 16.1 Å². The quantitative estimate of drug-likeness (QED) is 0.354. The largest absolute Gasteiger partial charge is 0.434 e. The van der Waals surface area contributed by atoms with Crippen LogP contribution in [0.1, 0.15) is 21.7 Å². The summed E-state index contributed by atoms with van der Waals surface area (Å²) in [4.78, 5) is 17.5. The Balaban J connectivity index is 1.83. The number of fused-ring (bicyclic) bond motifs is 1. The number of hydrogen-bond donors (Lipinski definition) is 1. The third-order valence-corrected chi connectivity index (χ3v) is 6.20. The Morgan fingerprint density at radius 3 is 2.65 bits per heavy atom. The molecular formula is C21H13ClF3N7OS. The highest BCUT2D eigenvalue weighted by Crippen LogP contribution is 2.41. The van der Waals surface area contributed by atoms with Gasteiger partial charge in [-0.1, -0.05) is 23.7 Å². The van der Waals surface area contributed by atoms with E-state index in [-0.39, 0.29) is 22.2 Å². The summed E-state index contributed by atoms with van der Waals surface area (Å²) in [7, 11) is 0. The summed E-state index contributed by atoms with van der Waals surface area (Å²) < 4.78 is 44.4. The maximum absolute atomic E-state index is 14.3. The number of nitrogens with two attached hydrogens (primary N) is 1. The Labute approximate surface area is 198 Å². The van der Waals surface area contributed by atoms with Crippen molar-refractivity contribution in [2.75, 3.05) is 0 Å². The number of pyridine rings is 1. The molecule has 0 atom stereocenters. The van der Waals surface area contributed by atoms with Crippen LogP contribution < -0.4 is 5.73 Å². The number of alkyl halides is 3. The summed E-state index contributed by atoms with van der Waals surface area (Å²) in [5.74, 6) is -1.27. The molecular weight excluding hydrogens is 491 g/mol. The Morgan fingerprint density at radius 2 is 1.97 bits per heavy atom. The van der Waals surface area contributed by atoms with Crippen LogP contribution in [0, 0.1) is 6.92 Å². The predicted molar refractivity (Wildman–Crippen MR) is 120 cm³/mol.